The molecule has 6 aromatic rings. The molecule has 0 radical (unpaired) electrons. The third-order valence-corrected chi connectivity index (χ3v) is 10.7. The summed E-state index contributed by atoms with van der Waals surface area (Å²) < 4.78 is 0. The number of amides is 2. The number of nitrogens with zero attached hydrogens (tertiary/aromatic N) is 5. The maximum absolute atomic E-state index is 13.8. The van der Waals surface area contributed by atoms with Gasteiger partial charge < -0.3 is 21.3 Å². The Balaban J connectivity index is 1.08. The smallest absolute Gasteiger partial charge is 0.247 e. The number of aromatic nitrogens is 3. The number of rotatable bonds is 10. The molecule has 2 atom stereocenters. The Labute approximate surface area is 332 Å². The van der Waals surface area contributed by atoms with Crippen LogP contribution < -0.4 is 16.4 Å². The second-order valence-corrected chi connectivity index (χ2v) is 15.4. The van der Waals surface area contributed by atoms with E-state index in [0.29, 0.717) is 35.8 Å². The van der Waals surface area contributed by atoms with Crippen molar-refractivity contribution < 1.29 is 9.59 Å². The van der Waals surface area contributed by atoms with Crippen molar-refractivity contribution in [3.63, 3.8) is 0 Å². The first-order valence-electron chi connectivity index (χ1n) is 18.6. The predicted octanol–water partition coefficient (Wildman–Crippen LogP) is 8.26. The molecule has 0 aliphatic carbocycles. The van der Waals surface area contributed by atoms with E-state index in [-0.39, 0.29) is 17.7 Å². The number of carbonyl (C=O) groups is 2. The summed E-state index contributed by atoms with van der Waals surface area (Å²) in [5.74, 6) is 7.24. The maximum atomic E-state index is 13.8. The van der Waals surface area contributed by atoms with Gasteiger partial charge in [-0.1, -0.05) is 67.8 Å². The number of nitrogens with two attached hydrogens (primary N) is 1. The summed E-state index contributed by atoms with van der Waals surface area (Å²) in [4.78, 5) is 46.7. The molecular weight excluding hydrogens is 717 g/mol. The zero-order chi connectivity index (χ0) is 39.2. The first kappa shape index (κ1) is 38.1. The minimum absolute atomic E-state index is 0.0673. The van der Waals surface area contributed by atoms with Gasteiger partial charge in [0.1, 0.15) is 24.2 Å². The van der Waals surface area contributed by atoms with Crippen LogP contribution in [-0.4, -0.2) is 63.2 Å². The summed E-state index contributed by atoms with van der Waals surface area (Å²) in [6.45, 7) is 4.76. The molecule has 4 aromatic carbocycles. The lowest BCUT2D eigenvalue weighted by molar-refractivity contribution is -0.140. The van der Waals surface area contributed by atoms with Gasteiger partial charge in [-0.3, -0.25) is 14.5 Å². The Morgan fingerprint density at radius 3 is 2.36 bits per heavy atom. The molecule has 2 aromatic heterocycles. The van der Waals surface area contributed by atoms with E-state index in [4.69, 9.17) is 10.7 Å². The lowest BCUT2D eigenvalue weighted by atomic mass is 10.0. The number of anilines is 4. The maximum Gasteiger partial charge on any atom is 0.247 e. The van der Waals surface area contributed by atoms with Crippen LogP contribution in [0.25, 0.3) is 11.0 Å². The van der Waals surface area contributed by atoms with Crippen LogP contribution in [-0.2, 0) is 9.59 Å². The van der Waals surface area contributed by atoms with E-state index >= 15 is 0 Å². The van der Waals surface area contributed by atoms with E-state index in [2.05, 4.69) is 46.3 Å². The largest absolute Gasteiger partial charge is 0.399 e. The highest BCUT2D eigenvalue weighted by atomic mass is 32.2. The number of likely N-dealkylation sites (N-methyl/N-ethyl adjacent to an activating group) is 1. The molecule has 10 nitrogen and oxygen atoms in total. The van der Waals surface area contributed by atoms with Gasteiger partial charge in [0.2, 0.25) is 11.8 Å². The van der Waals surface area contributed by atoms with Crippen molar-refractivity contribution in [2.75, 3.05) is 37.0 Å². The lowest BCUT2D eigenvalue weighted by Crippen LogP contribution is -2.47. The van der Waals surface area contributed by atoms with E-state index in [0.717, 1.165) is 49.7 Å². The van der Waals surface area contributed by atoms with Crippen molar-refractivity contribution >= 4 is 57.5 Å². The Bertz CT molecular complexity index is 2410. The molecule has 1 aliphatic rings. The SMILES string of the molecule is CC(C)c1ccc2c(Nc3cc(C#Cc4ccc(NC(=O)C5CCCN5C(=O)C(c5ccccc5)N(C)C)cc4)ccc3Sc3ccc(N)cc3)ncnc2n1. The van der Waals surface area contributed by atoms with Crippen LogP contribution >= 0.6 is 11.8 Å². The Kier molecular flexibility index (Phi) is 11.6. The van der Waals surface area contributed by atoms with E-state index < -0.39 is 12.1 Å². The van der Waals surface area contributed by atoms with Crippen LogP contribution in [0.4, 0.5) is 22.9 Å². The van der Waals surface area contributed by atoms with Crippen LogP contribution in [0.1, 0.15) is 61.0 Å². The molecule has 56 heavy (non-hydrogen) atoms. The summed E-state index contributed by atoms with van der Waals surface area (Å²) in [6, 6.07) is 34.0. The number of hydrogen-bond donors (Lipinski definition) is 3. The highest BCUT2D eigenvalue weighted by molar-refractivity contribution is 7.99. The number of nitrogen functional groups attached to an aromatic ring is 1. The second kappa shape index (κ2) is 17.1. The van der Waals surface area contributed by atoms with Gasteiger partial charge >= 0.3 is 0 Å². The monoisotopic (exact) mass is 760 g/mol. The third-order valence-electron chi connectivity index (χ3n) is 9.66. The summed E-state index contributed by atoms with van der Waals surface area (Å²) in [7, 11) is 3.78. The van der Waals surface area contributed by atoms with Gasteiger partial charge in [0.05, 0.1) is 11.1 Å². The Hall–Kier alpha value is -6.22. The zero-order valence-electron chi connectivity index (χ0n) is 31.9. The van der Waals surface area contributed by atoms with E-state index in [1.807, 2.05) is 128 Å². The van der Waals surface area contributed by atoms with Crippen molar-refractivity contribution in [1.29, 1.82) is 0 Å². The standard InChI is InChI=1S/C45H44N8O2S/c1-29(2)37-24-23-36-42(50-37)47-28-48-43(36)51-38-27-31(16-25-40(38)56-35-21-17-33(46)18-22-35)13-12-30-14-19-34(20-15-30)49-44(54)39-11-8-26-53(39)45(55)41(52(3)4)32-9-6-5-7-10-32/h5-7,9-10,14-25,27-29,39,41H,8,11,26,46H2,1-4H3,(H,49,54)(H,47,48,50,51). The molecule has 1 fully saturated rings. The fourth-order valence-corrected chi connectivity index (χ4v) is 7.61. The summed E-state index contributed by atoms with van der Waals surface area (Å²) in [5, 5.41) is 7.39. The molecule has 3 heterocycles. The average molecular weight is 761 g/mol. The second-order valence-electron chi connectivity index (χ2n) is 14.3. The van der Waals surface area contributed by atoms with Gasteiger partial charge in [0.25, 0.3) is 0 Å². The van der Waals surface area contributed by atoms with Crippen molar-refractivity contribution in [1.82, 2.24) is 24.8 Å². The predicted molar refractivity (Wildman–Crippen MR) is 225 cm³/mol. The highest BCUT2D eigenvalue weighted by Crippen LogP contribution is 2.37. The molecule has 2 amide bonds. The molecular formula is C45H44N8O2S. The van der Waals surface area contributed by atoms with Crippen molar-refractivity contribution in [2.24, 2.45) is 0 Å². The number of hydrogen-bond acceptors (Lipinski definition) is 9. The summed E-state index contributed by atoms with van der Waals surface area (Å²) >= 11 is 1.61. The quantitative estimate of drug-likeness (QED) is 0.0934. The first-order chi connectivity index (χ1) is 27.1. The first-order valence-corrected chi connectivity index (χ1v) is 19.5. The van der Waals surface area contributed by atoms with Gasteiger partial charge in [-0.2, -0.15) is 0 Å². The normalized spacial score (nSPS) is 14.4. The van der Waals surface area contributed by atoms with Crippen LogP contribution in [0.15, 0.2) is 125 Å². The number of likely N-dealkylation sites (tertiary alicyclic amines) is 1. The van der Waals surface area contributed by atoms with Gasteiger partial charge in [0, 0.05) is 44.5 Å². The molecule has 282 valence electrons. The number of nitrogens with one attached hydrogen (secondary N) is 2. The van der Waals surface area contributed by atoms with Crippen molar-refractivity contribution in [3.05, 3.63) is 138 Å². The number of carbonyl (C=O) groups excluding carboxylic acids is 2. The molecule has 0 bridgehead atoms. The summed E-state index contributed by atoms with van der Waals surface area (Å²) in [6.07, 6.45) is 2.92. The molecule has 1 aliphatic heterocycles. The molecule has 7 rings (SSSR count). The molecule has 2 unspecified atom stereocenters. The zero-order valence-corrected chi connectivity index (χ0v) is 32.7. The molecule has 11 heteroatoms. The van der Waals surface area contributed by atoms with Gasteiger partial charge in [0.15, 0.2) is 5.65 Å². The van der Waals surface area contributed by atoms with Crippen LogP contribution in [0.2, 0.25) is 0 Å². The Morgan fingerprint density at radius 2 is 1.62 bits per heavy atom. The fraction of sp³-hybridized carbons (Fsp3) is 0.222. The van der Waals surface area contributed by atoms with Gasteiger partial charge in [-0.15, -0.1) is 0 Å². The molecule has 0 saturated carbocycles. The Morgan fingerprint density at radius 1 is 0.893 bits per heavy atom. The molecule has 1 saturated heterocycles. The van der Waals surface area contributed by atoms with E-state index in [1.54, 1.807) is 16.7 Å². The molecule has 0 spiro atoms. The topological polar surface area (TPSA) is 129 Å². The molecule has 4 N–H and O–H groups in total. The minimum atomic E-state index is -0.536. The van der Waals surface area contributed by atoms with E-state index in [1.165, 1.54) is 6.33 Å². The minimum Gasteiger partial charge on any atom is -0.399 e. The summed E-state index contributed by atoms with van der Waals surface area (Å²) in [5.41, 5.74) is 12.3. The van der Waals surface area contributed by atoms with Crippen LogP contribution in [0.3, 0.4) is 0 Å². The van der Waals surface area contributed by atoms with Crippen LogP contribution in [0.5, 0.6) is 0 Å². The van der Waals surface area contributed by atoms with E-state index in [9.17, 15) is 9.59 Å². The average Bonchev–Trinajstić information content (AvgIpc) is 3.70. The number of fused-ring (bicyclic) bond motifs is 1. The van der Waals surface area contributed by atoms with Gasteiger partial charge in [-0.25, -0.2) is 15.0 Å². The fourth-order valence-electron chi connectivity index (χ4n) is 6.73. The highest BCUT2D eigenvalue weighted by Gasteiger charge is 2.38. The van der Waals surface area contributed by atoms with Crippen molar-refractivity contribution in [3.8, 4) is 11.8 Å². The number of pyridine rings is 1. The van der Waals surface area contributed by atoms with Crippen LogP contribution in [0, 0.1) is 11.8 Å². The van der Waals surface area contributed by atoms with Gasteiger partial charge in [-0.05, 0) is 117 Å². The number of benzene rings is 4. The lowest BCUT2D eigenvalue weighted by Gasteiger charge is -2.31. The van der Waals surface area contributed by atoms with Crippen molar-refractivity contribution in [2.45, 2.75) is 54.5 Å². The third kappa shape index (κ3) is 8.84.